The molecule has 0 aromatic heterocycles. The number of guanidine groups is 2. The van der Waals surface area contributed by atoms with Crippen LogP contribution in [0.25, 0.3) is 0 Å². The van der Waals surface area contributed by atoms with E-state index in [1.54, 1.807) is 81.4 Å². The number of phenolic OH excluding ortho intramolecular Hbond substituents is 1. The van der Waals surface area contributed by atoms with Crippen molar-refractivity contribution in [3.8, 4) is 5.75 Å². The Bertz CT molecular complexity index is 3510. The fraction of sp³-hybridized carbons (Fsp3) is 0.471. The number of carbonyl (C=O) groups is 11. The second-order valence-electron chi connectivity index (χ2n) is 25.4. The Morgan fingerprint density at radius 2 is 0.901 bits per heavy atom. The average molecular weight is 1400 g/mol. The first-order valence-corrected chi connectivity index (χ1v) is 34.0. The highest BCUT2D eigenvalue weighted by atomic mass is 19.1. The van der Waals surface area contributed by atoms with Crippen molar-refractivity contribution in [3.05, 3.63) is 137 Å². The molecule has 0 saturated carbocycles. The number of benzene rings is 4. The van der Waals surface area contributed by atoms with Crippen LogP contribution in [0.1, 0.15) is 107 Å². The highest BCUT2D eigenvalue weighted by Gasteiger charge is 2.42. The first-order valence-electron chi connectivity index (χ1n) is 34.0. The van der Waals surface area contributed by atoms with Gasteiger partial charge in [0.2, 0.25) is 65.0 Å². The van der Waals surface area contributed by atoms with Crippen molar-refractivity contribution in [2.45, 2.75) is 171 Å². The molecule has 0 spiro atoms. The average Bonchev–Trinajstić information content (AvgIpc) is 1.78. The summed E-state index contributed by atoms with van der Waals surface area (Å²) in [5, 5.41) is 37.4. The summed E-state index contributed by atoms with van der Waals surface area (Å²) >= 11 is 0. The lowest BCUT2D eigenvalue weighted by Gasteiger charge is -2.31. The summed E-state index contributed by atoms with van der Waals surface area (Å²) in [7, 11) is 0. The van der Waals surface area contributed by atoms with E-state index in [4.69, 9.17) is 28.7 Å². The SMILES string of the molecule is CCCNC(=O)C[C@@H]1NC(=O)[C@@H](CCCN=C(N)N)NC(=O)[C@@H](Cc2ccccc2)NC(=O)[C@@H]2CCCN2C(=O)[C@@H](Cc2ccccc2)NC(=O)[C@H](Cc2ccc(F)cc2)NC(=O)[C@H](CCCN)NC(=O)[C@H](C(C)C)NC(=O)[C@H](Cc2ccc(O)cc2)NC(=O)[C@H](CCCN=C(N)N)NC1=O. The van der Waals surface area contributed by atoms with Gasteiger partial charge in [0.25, 0.3) is 0 Å². The number of carbonyl (C=O) groups excluding carboxylic acids is 11. The van der Waals surface area contributed by atoms with Gasteiger partial charge in [-0.2, -0.15) is 0 Å². The topological polar surface area (TPSA) is 486 Å². The molecule has 2 saturated heterocycles. The number of phenols is 1. The third kappa shape index (κ3) is 26.1. The molecule has 10 atom stereocenters. The molecule has 0 bridgehead atoms. The summed E-state index contributed by atoms with van der Waals surface area (Å²) in [6.45, 7) is 5.14. The molecule has 0 unspecified atom stereocenters. The van der Waals surface area contributed by atoms with E-state index in [1.165, 1.54) is 41.3 Å². The van der Waals surface area contributed by atoms with E-state index in [0.717, 1.165) is 12.1 Å². The van der Waals surface area contributed by atoms with Gasteiger partial charge in [-0.15, -0.1) is 0 Å². The number of halogens is 1. The maximum atomic E-state index is 15.3. The van der Waals surface area contributed by atoms with Crippen molar-refractivity contribution < 1.29 is 62.2 Å². The lowest BCUT2D eigenvalue weighted by molar-refractivity contribution is -0.142. The van der Waals surface area contributed by atoms with Crippen LogP contribution in [0.5, 0.6) is 5.75 Å². The van der Waals surface area contributed by atoms with E-state index < -0.39 is 144 Å². The Morgan fingerprint density at radius 1 is 0.515 bits per heavy atom. The standard InChI is InChI=1S/C70H97FN18O12/c1-4-32-77-57(91)40-54-64(97)81-49(20-12-33-78-69(73)74)60(93)84-53(38-45-25-29-47(90)30-26-45)65(98)88-58(41(2)3)67(100)82-48(19-11-31-72)59(92)83-51(37-44-23-27-46(71)28-24-44)63(96)87-55(39-43-17-9-6-10-18-43)68(101)89-35-14-22-56(89)66(99)86-52(36-42-15-7-5-8-16-42)62(95)80-50(61(94)85-54)21-13-34-79-70(75)76/h5-10,15-18,23-30,41,48-56,58,90H,4,11-14,19-22,31-40,72H2,1-3H3,(H,77,91)(H,80,95)(H,81,97)(H,82,100)(H,83,92)(H,84,93)(H,85,94)(H,86,99)(H,87,96)(H,88,98)(H4,73,74,78)(H4,75,76,79)/t48-,49-,50+,51-,52+,53-,54-,55+,56-,58-/m0/s1. The third-order valence-corrected chi connectivity index (χ3v) is 17.0. The number of hydrogen-bond donors (Lipinski definition) is 16. The van der Waals surface area contributed by atoms with E-state index in [0.29, 0.717) is 35.1 Å². The maximum Gasteiger partial charge on any atom is 0.246 e. The molecule has 0 aliphatic carbocycles. The van der Waals surface area contributed by atoms with Crippen LogP contribution < -0.4 is 81.8 Å². The molecule has 2 aliphatic heterocycles. The maximum absolute atomic E-state index is 15.3. The van der Waals surface area contributed by atoms with Crippen LogP contribution >= 0.6 is 0 Å². The molecular formula is C70H97FN18O12. The minimum absolute atomic E-state index is 0.0232. The zero-order valence-electron chi connectivity index (χ0n) is 57.2. The Morgan fingerprint density at radius 3 is 1.37 bits per heavy atom. The van der Waals surface area contributed by atoms with Crippen LogP contribution in [0.2, 0.25) is 0 Å². The molecule has 11 amide bonds. The van der Waals surface area contributed by atoms with Gasteiger partial charge in [0.15, 0.2) is 11.9 Å². The molecular weight excluding hydrogens is 1300 g/mol. The van der Waals surface area contributed by atoms with Crippen molar-refractivity contribution in [2.24, 2.45) is 44.6 Å². The van der Waals surface area contributed by atoms with Gasteiger partial charge >= 0.3 is 0 Å². The number of rotatable bonds is 24. The predicted octanol–water partition coefficient (Wildman–Crippen LogP) is -1.41. The van der Waals surface area contributed by atoms with Gasteiger partial charge < -0.3 is 91.8 Å². The van der Waals surface area contributed by atoms with Gasteiger partial charge in [-0.05, 0) is 117 Å². The molecule has 4 aromatic rings. The predicted molar refractivity (Wildman–Crippen MR) is 375 cm³/mol. The number of nitrogens with zero attached hydrogens (tertiary/aromatic N) is 3. The number of aliphatic imine (C=N–C) groups is 2. The molecule has 6 rings (SSSR count). The molecule has 4 aromatic carbocycles. The van der Waals surface area contributed by atoms with Crippen molar-refractivity contribution in [1.29, 1.82) is 0 Å². The summed E-state index contributed by atoms with van der Waals surface area (Å²) in [6.07, 6.45) is -0.913. The number of aromatic hydroxyl groups is 1. The molecule has 2 aliphatic rings. The van der Waals surface area contributed by atoms with Crippen LogP contribution in [0, 0.1) is 11.7 Å². The molecule has 101 heavy (non-hydrogen) atoms. The highest BCUT2D eigenvalue weighted by molar-refractivity contribution is 6.01. The van der Waals surface area contributed by atoms with Gasteiger partial charge in [0, 0.05) is 51.9 Å². The minimum atomic E-state index is -1.77. The van der Waals surface area contributed by atoms with E-state index in [1.807, 2.05) is 0 Å². The Labute approximate surface area is 586 Å². The summed E-state index contributed by atoms with van der Waals surface area (Å²) < 4.78 is 14.4. The zero-order chi connectivity index (χ0) is 73.5. The lowest BCUT2D eigenvalue weighted by atomic mass is 9.99. The van der Waals surface area contributed by atoms with Gasteiger partial charge in [0.1, 0.15) is 72.0 Å². The quantitative estimate of drug-likeness (QED) is 0.0218. The number of nitrogens with one attached hydrogen (secondary N) is 10. The number of fused-ring (bicyclic) bond motifs is 1. The fourth-order valence-electron chi connectivity index (χ4n) is 11.6. The summed E-state index contributed by atoms with van der Waals surface area (Å²) in [6, 6.07) is 13.1. The first-order chi connectivity index (χ1) is 48.3. The molecule has 21 N–H and O–H groups in total. The lowest BCUT2D eigenvalue weighted by Crippen LogP contribution is -2.62. The molecule has 0 radical (unpaired) electrons. The van der Waals surface area contributed by atoms with E-state index in [9.17, 15) is 47.9 Å². The molecule has 2 heterocycles. The first kappa shape index (κ1) is 79.3. The van der Waals surface area contributed by atoms with Gasteiger partial charge in [0.05, 0.1) is 6.42 Å². The number of nitrogens with two attached hydrogens (primary N) is 5. The van der Waals surface area contributed by atoms with Crippen molar-refractivity contribution in [1.82, 2.24) is 58.1 Å². The second kappa shape index (κ2) is 40.4. The molecule has 31 heteroatoms. The van der Waals surface area contributed by atoms with Crippen molar-refractivity contribution in [2.75, 3.05) is 32.7 Å². The van der Waals surface area contributed by atoms with Crippen molar-refractivity contribution >= 4 is 76.9 Å². The van der Waals surface area contributed by atoms with Gasteiger partial charge in [-0.25, -0.2) is 4.39 Å². The Hall–Kier alpha value is -10.7. The second-order valence-corrected chi connectivity index (χ2v) is 25.4. The zero-order valence-corrected chi connectivity index (χ0v) is 57.2. The number of amides is 11. The van der Waals surface area contributed by atoms with E-state index >= 15 is 14.4 Å². The summed E-state index contributed by atoms with van der Waals surface area (Å²) in [5.74, 6) is -11.7. The van der Waals surface area contributed by atoms with Crippen LogP contribution in [0.3, 0.4) is 0 Å². The Balaban J connectivity index is 1.50. The van der Waals surface area contributed by atoms with Crippen molar-refractivity contribution in [3.63, 3.8) is 0 Å². The molecule has 546 valence electrons. The minimum Gasteiger partial charge on any atom is -0.508 e. The number of hydrogen-bond acceptors (Lipinski definition) is 15. The normalized spacial score (nSPS) is 22.7. The van der Waals surface area contributed by atoms with Gasteiger partial charge in [-0.3, -0.25) is 62.7 Å². The largest absolute Gasteiger partial charge is 0.508 e. The van der Waals surface area contributed by atoms with Crippen LogP contribution in [-0.4, -0.2) is 180 Å². The smallest absolute Gasteiger partial charge is 0.246 e. The molecule has 30 nitrogen and oxygen atoms in total. The Kier molecular flexibility index (Phi) is 31.7. The molecule has 2 fully saturated rings. The van der Waals surface area contributed by atoms with Crippen LogP contribution in [-0.2, 0) is 78.4 Å². The van der Waals surface area contributed by atoms with Crippen LogP contribution in [0.15, 0.2) is 119 Å². The summed E-state index contributed by atoms with van der Waals surface area (Å²) in [4.78, 5) is 173. The highest BCUT2D eigenvalue weighted by Crippen LogP contribution is 2.22. The fourth-order valence-corrected chi connectivity index (χ4v) is 11.6. The van der Waals surface area contributed by atoms with E-state index in [2.05, 4.69) is 63.2 Å². The third-order valence-electron chi connectivity index (χ3n) is 17.0. The summed E-state index contributed by atoms with van der Waals surface area (Å²) in [5.41, 5.74) is 30.5. The monoisotopic (exact) mass is 1400 g/mol. The van der Waals surface area contributed by atoms with Crippen LogP contribution in [0.4, 0.5) is 4.39 Å². The van der Waals surface area contributed by atoms with E-state index in [-0.39, 0.29) is 121 Å². The van der Waals surface area contributed by atoms with Gasteiger partial charge in [-0.1, -0.05) is 106 Å².